The average Bonchev–Trinajstić information content (AvgIpc) is 2.19. The van der Waals surface area contributed by atoms with Crippen molar-refractivity contribution in [3.63, 3.8) is 0 Å². The van der Waals surface area contributed by atoms with Gasteiger partial charge in [0.1, 0.15) is 5.82 Å². The van der Waals surface area contributed by atoms with Gasteiger partial charge in [0.15, 0.2) is 0 Å². The predicted molar refractivity (Wildman–Crippen MR) is 58.3 cm³/mol. The van der Waals surface area contributed by atoms with E-state index in [4.69, 9.17) is 0 Å². The molecule has 1 fully saturated rings. The average molecular weight is 294 g/mol. The van der Waals surface area contributed by atoms with Gasteiger partial charge in [-0.25, -0.2) is 12.8 Å². The zero-order valence-corrected chi connectivity index (χ0v) is 10.2. The van der Waals surface area contributed by atoms with E-state index in [1.165, 1.54) is 10.4 Å². The number of benzene rings is 1. The fourth-order valence-electron chi connectivity index (χ4n) is 1.41. The van der Waals surface area contributed by atoms with Crippen LogP contribution in [0.4, 0.5) is 4.39 Å². The summed E-state index contributed by atoms with van der Waals surface area (Å²) < 4.78 is 37.3. The van der Waals surface area contributed by atoms with Crippen LogP contribution in [0.1, 0.15) is 5.56 Å². The Hall–Kier alpha value is -0.460. The Morgan fingerprint density at radius 2 is 2.20 bits per heavy atom. The smallest absolute Gasteiger partial charge is 0.212 e. The molecule has 6 heteroatoms. The van der Waals surface area contributed by atoms with Crippen LogP contribution in [-0.4, -0.2) is 25.0 Å². The highest BCUT2D eigenvalue weighted by atomic mass is 79.9. The van der Waals surface area contributed by atoms with Gasteiger partial charge in [-0.15, -0.1) is 0 Å². The van der Waals surface area contributed by atoms with E-state index in [0.29, 0.717) is 16.6 Å². The summed E-state index contributed by atoms with van der Waals surface area (Å²) in [6.45, 7) is 0.756. The van der Waals surface area contributed by atoms with Gasteiger partial charge in [0.25, 0.3) is 0 Å². The van der Waals surface area contributed by atoms with E-state index >= 15 is 0 Å². The second-order valence-corrected chi connectivity index (χ2v) is 6.24. The van der Waals surface area contributed by atoms with Crippen molar-refractivity contribution in [1.82, 2.24) is 4.31 Å². The summed E-state index contributed by atoms with van der Waals surface area (Å²) in [6, 6.07) is 4.61. The maximum atomic E-state index is 13.1. The molecule has 1 heterocycles. The minimum atomic E-state index is -3.06. The molecule has 82 valence electrons. The number of nitrogens with zero attached hydrogens (tertiary/aromatic N) is 1. The third-order valence-corrected chi connectivity index (χ3v) is 5.06. The van der Waals surface area contributed by atoms with Gasteiger partial charge in [-0.2, -0.15) is 4.31 Å². The van der Waals surface area contributed by atoms with Crippen LogP contribution in [0.2, 0.25) is 0 Å². The number of sulfonamides is 1. The highest BCUT2D eigenvalue weighted by Gasteiger charge is 2.32. The lowest BCUT2D eigenvalue weighted by atomic mass is 10.2. The molecule has 0 aliphatic carbocycles. The Morgan fingerprint density at radius 1 is 1.47 bits per heavy atom. The quantitative estimate of drug-likeness (QED) is 0.833. The number of hydrogen-bond donors (Lipinski definition) is 0. The molecule has 0 saturated carbocycles. The van der Waals surface area contributed by atoms with Crippen LogP contribution in [0.3, 0.4) is 0 Å². The van der Waals surface area contributed by atoms with Crippen molar-refractivity contribution in [2.75, 3.05) is 12.3 Å². The Labute approximate surface area is 96.1 Å². The molecule has 0 atom stereocenters. The van der Waals surface area contributed by atoms with Crippen molar-refractivity contribution in [2.24, 2.45) is 0 Å². The standard InChI is InChI=1S/C9H9BrFNO2S/c10-9-7(2-1-3-8(9)11)6-12-4-5-15(12,13)14/h1-3H,4-6H2. The van der Waals surface area contributed by atoms with Gasteiger partial charge in [0.2, 0.25) is 10.0 Å². The molecule has 1 aliphatic heterocycles. The Balaban J connectivity index is 2.22. The van der Waals surface area contributed by atoms with Gasteiger partial charge in [-0.3, -0.25) is 0 Å². The molecule has 0 N–H and O–H groups in total. The van der Waals surface area contributed by atoms with E-state index in [-0.39, 0.29) is 18.1 Å². The van der Waals surface area contributed by atoms with E-state index in [0.717, 1.165) is 0 Å². The summed E-state index contributed by atoms with van der Waals surface area (Å²) in [5.41, 5.74) is 0.651. The van der Waals surface area contributed by atoms with Crippen LogP contribution in [0.15, 0.2) is 22.7 Å². The third-order valence-electron chi connectivity index (χ3n) is 2.37. The van der Waals surface area contributed by atoms with Crippen LogP contribution in [0, 0.1) is 5.82 Å². The summed E-state index contributed by atoms with van der Waals surface area (Å²) in [4.78, 5) is 0. The lowest BCUT2D eigenvalue weighted by Crippen LogP contribution is -2.46. The molecule has 0 aromatic heterocycles. The van der Waals surface area contributed by atoms with Crippen molar-refractivity contribution in [2.45, 2.75) is 6.54 Å². The number of rotatable bonds is 2. The normalized spacial score (nSPS) is 19.9. The van der Waals surface area contributed by atoms with Crippen molar-refractivity contribution in [3.8, 4) is 0 Å². The molecule has 0 unspecified atom stereocenters. The Morgan fingerprint density at radius 3 is 2.73 bits per heavy atom. The predicted octanol–water partition coefficient (Wildman–Crippen LogP) is 1.73. The van der Waals surface area contributed by atoms with Crippen LogP contribution in [0.5, 0.6) is 0 Å². The SMILES string of the molecule is O=S1(=O)CCN1Cc1cccc(F)c1Br. The van der Waals surface area contributed by atoms with Crippen molar-refractivity contribution in [1.29, 1.82) is 0 Å². The fourth-order valence-corrected chi connectivity index (χ4v) is 2.87. The second kappa shape index (κ2) is 3.84. The van der Waals surface area contributed by atoms with Gasteiger partial charge in [-0.05, 0) is 27.6 Å². The Kier molecular flexibility index (Phi) is 2.83. The topological polar surface area (TPSA) is 37.4 Å². The van der Waals surface area contributed by atoms with Crippen LogP contribution in [-0.2, 0) is 16.6 Å². The second-order valence-electron chi connectivity index (χ2n) is 3.36. The molecule has 1 aromatic rings. The molecule has 2 rings (SSSR count). The van der Waals surface area contributed by atoms with E-state index in [1.54, 1.807) is 12.1 Å². The lowest BCUT2D eigenvalue weighted by Gasteiger charge is -2.30. The Bertz CT molecular complexity index is 489. The highest BCUT2D eigenvalue weighted by Crippen LogP contribution is 2.25. The minimum absolute atomic E-state index is 0.194. The summed E-state index contributed by atoms with van der Waals surface area (Å²) in [7, 11) is -3.06. The largest absolute Gasteiger partial charge is 0.215 e. The van der Waals surface area contributed by atoms with Crippen molar-refractivity contribution < 1.29 is 12.8 Å². The zero-order chi connectivity index (χ0) is 11.1. The molecule has 0 radical (unpaired) electrons. The lowest BCUT2D eigenvalue weighted by molar-refractivity contribution is 0.378. The van der Waals surface area contributed by atoms with E-state index < -0.39 is 10.0 Å². The molecule has 15 heavy (non-hydrogen) atoms. The molecular weight excluding hydrogens is 285 g/mol. The summed E-state index contributed by atoms with van der Waals surface area (Å²) in [5.74, 6) is -0.176. The van der Waals surface area contributed by atoms with E-state index in [1.807, 2.05) is 0 Å². The molecule has 0 bridgehead atoms. The first-order chi connectivity index (χ1) is 7.00. The number of halogens is 2. The zero-order valence-electron chi connectivity index (χ0n) is 7.78. The molecule has 3 nitrogen and oxygen atoms in total. The summed E-state index contributed by atoms with van der Waals surface area (Å²) in [6.07, 6.45) is 0. The van der Waals surface area contributed by atoms with Crippen molar-refractivity contribution in [3.05, 3.63) is 34.1 Å². The van der Waals surface area contributed by atoms with E-state index in [9.17, 15) is 12.8 Å². The van der Waals surface area contributed by atoms with Crippen molar-refractivity contribution >= 4 is 26.0 Å². The maximum absolute atomic E-state index is 13.1. The van der Waals surface area contributed by atoms with E-state index in [2.05, 4.69) is 15.9 Å². The first-order valence-corrected chi connectivity index (χ1v) is 6.81. The molecule has 1 saturated heterocycles. The van der Waals surface area contributed by atoms with Crippen LogP contribution >= 0.6 is 15.9 Å². The third kappa shape index (κ3) is 2.07. The molecular formula is C9H9BrFNO2S. The highest BCUT2D eigenvalue weighted by molar-refractivity contribution is 9.10. The minimum Gasteiger partial charge on any atom is -0.212 e. The van der Waals surface area contributed by atoms with Crippen LogP contribution < -0.4 is 0 Å². The van der Waals surface area contributed by atoms with Gasteiger partial charge >= 0.3 is 0 Å². The first kappa shape index (κ1) is 11.0. The van der Waals surface area contributed by atoms with Gasteiger partial charge < -0.3 is 0 Å². The monoisotopic (exact) mass is 293 g/mol. The first-order valence-electron chi connectivity index (χ1n) is 4.41. The molecule has 1 aromatic carbocycles. The maximum Gasteiger partial charge on any atom is 0.215 e. The molecule has 0 spiro atoms. The van der Waals surface area contributed by atoms with Crippen LogP contribution in [0.25, 0.3) is 0 Å². The fraction of sp³-hybridized carbons (Fsp3) is 0.333. The summed E-state index contributed by atoms with van der Waals surface area (Å²) >= 11 is 3.10. The van der Waals surface area contributed by atoms with Gasteiger partial charge in [0, 0.05) is 13.1 Å². The van der Waals surface area contributed by atoms with Gasteiger partial charge in [0.05, 0.1) is 10.2 Å². The van der Waals surface area contributed by atoms with Gasteiger partial charge in [-0.1, -0.05) is 12.1 Å². The molecule has 0 amide bonds. The summed E-state index contributed by atoms with van der Waals surface area (Å²) in [5, 5.41) is 0. The number of hydrogen-bond acceptors (Lipinski definition) is 2. The molecule has 1 aliphatic rings.